The average molecular weight is 255 g/mol. The number of nitrogens with zero attached hydrogens (tertiary/aromatic N) is 2. The molecule has 88 valence electrons. The number of fused-ring (bicyclic) bond motifs is 1. The molecule has 0 saturated heterocycles. The highest BCUT2D eigenvalue weighted by atomic mass is 32.2. The molecule has 2 heterocycles. The molecular weight excluding hydrogens is 238 g/mol. The predicted octanol–water partition coefficient (Wildman–Crippen LogP) is 3.01. The fourth-order valence-electron chi connectivity index (χ4n) is 1.51. The lowest BCUT2D eigenvalue weighted by Crippen LogP contribution is -2.08. The molecule has 16 heavy (non-hydrogen) atoms. The van der Waals surface area contributed by atoms with Crippen molar-refractivity contribution >= 4 is 28.1 Å². The minimum absolute atomic E-state index is 0.625. The Bertz CT molecular complexity index is 461. The Kier molecular flexibility index (Phi) is 3.89. The Morgan fingerprint density at radius 3 is 3.12 bits per heavy atom. The van der Waals surface area contributed by atoms with Gasteiger partial charge in [-0.3, -0.25) is 4.40 Å². The molecule has 0 radical (unpaired) electrons. The van der Waals surface area contributed by atoms with Crippen LogP contribution in [0.3, 0.4) is 0 Å². The maximum atomic E-state index is 4.68. The Hall–Kier alpha value is -0.520. The molecule has 0 aliphatic heterocycles. The molecule has 1 unspecified atom stereocenters. The molecule has 3 nitrogen and oxygen atoms in total. The summed E-state index contributed by atoms with van der Waals surface area (Å²) in [6.45, 7) is 5.34. The normalized spacial score (nSPS) is 13.4. The molecule has 2 aromatic rings. The van der Waals surface area contributed by atoms with E-state index in [1.54, 1.807) is 11.3 Å². The molecule has 2 aromatic heterocycles. The first-order valence-corrected chi connectivity index (χ1v) is 7.27. The van der Waals surface area contributed by atoms with Crippen molar-refractivity contribution in [1.29, 1.82) is 0 Å². The first-order chi connectivity index (χ1) is 7.76. The number of aromatic nitrogens is 2. The highest BCUT2D eigenvalue weighted by Crippen LogP contribution is 2.29. The van der Waals surface area contributed by atoms with Crippen LogP contribution in [0.4, 0.5) is 0 Å². The Morgan fingerprint density at radius 1 is 1.62 bits per heavy atom. The fraction of sp³-hybridized carbons (Fsp3) is 0.545. The van der Waals surface area contributed by atoms with Crippen molar-refractivity contribution < 1.29 is 0 Å². The van der Waals surface area contributed by atoms with Crippen molar-refractivity contribution in [2.45, 2.75) is 37.1 Å². The highest BCUT2D eigenvalue weighted by molar-refractivity contribution is 7.99. The molecule has 0 saturated carbocycles. The van der Waals surface area contributed by atoms with Crippen LogP contribution in [0.5, 0.6) is 0 Å². The topological polar surface area (TPSA) is 29.3 Å². The molecule has 0 aromatic carbocycles. The third-order valence-corrected chi connectivity index (χ3v) is 4.60. The number of imidazole rings is 1. The molecule has 0 aliphatic rings. The third kappa shape index (κ3) is 2.26. The van der Waals surface area contributed by atoms with E-state index in [0.29, 0.717) is 5.25 Å². The lowest BCUT2D eigenvalue weighted by Gasteiger charge is -2.07. The van der Waals surface area contributed by atoms with Gasteiger partial charge in [-0.05, 0) is 13.5 Å². The SMILES string of the molecule is CCC(C)Sc1nc2sccn2c1CNC. The second-order valence-corrected chi connectivity index (χ2v) is 6.09. The van der Waals surface area contributed by atoms with Gasteiger partial charge >= 0.3 is 0 Å². The van der Waals surface area contributed by atoms with Crippen LogP contribution in [0.1, 0.15) is 26.0 Å². The molecule has 1 N–H and O–H groups in total. The smallest absolute Gasteiger partial charge is 0.194 e. The summed E-state index contributed by atoms with van der Waals surface area (Å²) in [4.78, 5) is 5.78. The van der Waals surface area contributed by atoms with Crippen molar-refractivity contribution in [1.82, 2.24) is 14.7 Å². The number of hydrogen-bond acceptors (Lipinski definition) is 4. The van der Waals surface area contributed by atoms with E-state index in [-0.39, 0.29) is 0 Å². The molecular formula is C11H17N3S2. The van der Waals surface area contributed by atoms with E-state index >= 15 is 0 Å². The monoisotopic (exact) mass is 255 g/mol. The van der Waals surface area contributed by atoms with Gasteiger partial charge in [-0.2, -0.15) is 0 Å². The standard InChI is InChI=1S/C11H17N3S2/c1-4-8(2)16-10-9(7-12-3)14-5-6-15-11(14)13-10/h5-6,8,12H,4,7H2,1-3H3. The minimum atomic E-state index is 0.625. The number of thiazole rings is 1. The van der Waals surface area contributed by atoms with E-state index < -0.39 is 0 Å². The van der Waals surface area contributed by atoms with E-state index in [9.17, 15) is 0 Å². The molecule has 2 rings (SSSR count). The molecule has 5 heteroatoms. The zero-order valence-corrected chi connectivity index (χ0v) is 11.5. The maximum absolute atomic E-state index is 4.68. The predicted molar refractivity (Wildman–Crippen MR) is 71.4 cm³/mol. The van der Waals surface area contributed by atoms with Crippen LogP contribution in [0.25, 0.3) is 4.96 Å². The van der Waals surface area contributed by atoms with E-state index in [0.717, 1.165) is 11.5 Å². The van der Waals surface area contributed by atoms with Crippen molar-refractivity contribution in [3.63, 3.8) is 0 Å². The van der Waals surface area contributed by atoms with Gasteiger partial charge in [0.15, 0.2) is 4.96 Å². The van der Waals surface area contributed by atoms with Gasteiger partial charge in [0, 0.05) is 23.4 Å². The molecule has 0 fully saturated rings. The van der Waals surface area contributed by atoms with Crippen molar-refractivity contribution in [3.05, 3.63) is 17.3 Å². The van der Waals surface area contributed by atoms with Crippen LogP contribution in [0.2, 0.25) is 0 Å². The van der Waals surface area contributed by atoms with E-state index in [1.165, 1.54) is 17.1 Å². The van der Waals surface area contributed by atoms with Crippen LogP contribution < -0.4 is 5.32 Å². The van der Waals surface area contributed by atoms with E-state index in [4.69, 9.17) is 0 Å². The summed E-state index contributed by atoms with van der Waals surface area (Å²) in [6.07, 6.45) is 3.27. The molecule has 0 bridgehead atoms. The van der Waals surface area contributed by atoms with Crippen LogP contribution in [0.15, 0.2) is 16.6 Å². The second kappa shape index (κ2) is 5.21. The van der Waals surface area contributed by atoms with Gasteiger partial charge in [-0.15, -0.1) is 23.1 Å². The Labute approximate surface area is 104 Å². The summed E-state index contributed by atoms with van der Waals surface area (Å²) in [6, 6.07) is 0. The summed E-state index contributed by atoms with van der Waals surface area (Å²) in [7, 11) is 1.98. The summed E-state index contributed by atoms with van der Waals surface area (Å²) in [5.74, 6) is 0. The average Bonchev–Trinajstić information content (AvgIpc) is 2.82. The summed E-state index contributed by atoms with van der Waals surface area (Å²) in [5, 5.41) is 7.10. The first kappa shape index (κ1) is 12.0. The van der Waals surface area contributed by atoms with Crippen LogP contribution in [0, 0.1) is 0 Å². The van der Waals surface area contributed by atoms with Crippen LogP contribution in [-0.4, -0.2) is 21.7 Å². The van der Waals surface area contributed by atoms with Gasteiger partial charge in [0.2, 0.25) is 0 Å². The molecule has 0 spiro atoms. The lowest BCUT2D eigenvalue weighted by atomic mass is 10.4. The fourth-order valence-corrected chi connectivity index (χ4v) is 3.29. The molecule has 0 amide bonds. The van der Waals surface area contributed by atoms with Gasteiger partial charge in [-0.1, -0.05) is 13.8 Å². The highest BCUT2D eigenvalue weighted by Gasteiger charge is 2.14. The number of nitrogens with one attached hydrogen (secondary N) is 1. The van der Waals surface area contributed by atoms with Gasteiger partial charge in [-0.25, -0.2) is 4.98 Å². The number of thioether (sulfide) groups is 1. The first-order valence-electron chi connectivity index (χ1n) is 5.52. The molecule has 0 aliphatic carbocycles. The minimum Gasteiger partial charge on any atom is -0.314 e. The van der Waals surface area contributed by atoms with Gasteiger partial charge in [0.05, 0.1) is 5.69 Å². The quantitative estimate of drug-likeness (QED) is 0.833. The Balaban J connectivity index is 2.34. The summed E-state index contributed by atoms with van der Waals surface area (Å²) >= 11 is 3.57. The van der Waals surface area contributed by atoms with Crippen LogP contribution >= 0.6 is 23.1 Å². The van der Waals surface area contributed by atoms with Crippen LogP contribution in [-0.2, 0) is 6.54 Å². The summed E-state index contributed by atoms with van der Waals surface area (Å²) < 4.78 is 2.19. The third-order valence-electron chi connectivity index (χ3n) is 2.56. The van der Waals surface area contributed by atoms with Crippen molar-refractivity contribution in [3.8, 4) is 0 Å². The van der Waals surface area contributed by atoms with Gasteiger partial charge in [0.25, 0.3) is 0 Å². The Morgan fingerprint density at radius 2 is 2.44 bits per heavy atom. The molecule has 1 atom stereocenters. The van der Waals surface area contributed by atoms with E-state index in [1.807, 2.05) is 18.8 Å². The number of rotatable bonds is 5. The zero-order valence-electron chi connectivity index (χ0n) is 9.86. The van der Waals surface area contributed by atoms with Gasteiger partial charge in [0.1, 0.15) is 5.03 Å². The van der Waals surface area contributed by atoms with E-state index in [2.05, 4.69) is 40.1 Å². The maximum Gasteiger partial charge on any atom is 0.194 e. The van der Waals surface area contributed by atoms with Crippen molar-refractivity contribution in [2.75, 3.05) is 7.05 Å². The largest absolute Gasteiger partial charge is 0.314 e. The van der Waals surface area contributed by atoms with Gasteiger partial charge < -0.3 is 5.32 Å². The summed E-state index contributed by atoms with van der Waals surface area (Å²) in [5.41, 5.74) is 1.28. The van der Waals surface area contributed by atoms with Crippen molar-refractivity contribution in [2.24, 2.45) is 0 Å². The lowest BCUT2D eigenvalue weighted by molar-refractivity contribution is 0.763. The number of hydrogen-bond donors (Lipinski definition) is 1. The zero-order chi connectivity index (χ0) is 11.5. The second-order valence-electron chi connectivity index (χ2n) is 3.79.